The predicted octanol–water partition coefficient (Wildman–Crippen LogP) is 2.07. The minimum absolute atomic E-state index is 0.146. The molecule has 0 unspecified atom stereocenters. The Kier molecular flexibility index (Phi) is 4.42. The predicted molar refractivity (Wildman–Crippen MR) is 81.1 cm³/mol. The average molecular weight is 311 g/mol. The van der Waals surface area contributed by atoms with Gasteiger partial charge in [0.15, 0.2) is 0 Å². The molecule has 0 aliphatic heterocycles. The second-order valence-electron chi connectivity index (χ2n) is 4.39. The topological polar surface area (TPSA) is 85.1 Å². The molecule has 0 fully saturated rings. The lowest BCUT2D eigenvalue weighted by Gasteiger charge is -2.10. The van der Waals surface area contributed by atoms with E-state index in [-0.39, 0.29) is 17.1 Å². The van der Waals surface area contributed by atoms with E-state index in [0.717, 1.165) is 16.3 Å². The van der Waals surface area contributed by atoms with E-state index in [9.17, 15) is 8.42 Å². The molecule has 5 nitrogen and oxygen atoms in total. The highest BCUT2D eigenvalue weighted by Gasteiger charge is 2.20. The molecule has 2 rings (SSSR count). The van der Waals surface area contributed by atoms with Crippen LogP contribution in [-0.4, -0.2) is 13.4 Å². The Morgan fingerprint density at radius 3 is 2.75 bits per heavy atom. The van der Waals surface area contributed by atoms with Gasteiger partial charge in [-0.25, -0.2) is 18.1 Å². The van der Waals surface area contributed by atoms with Crippen LogP contribution in [0.1, 0.15) is 22.4 Å². The SMILES string of the molecule is CCc1cnc(CNS(=O)(=O)c2c(C)cccc2N)s1. The van der Waals surface area contributed by atoms with E-state index in [0.29, 0.717) is 5.56 Å². The minimum atomic E-state index is -3.63. The molecule has 0 aliphatic rings. The molecule has 20 heavy (non-hydrogen) atoms. The minimum Gasteiger partial charge on any atom is -0.398 e. The number of nitrogen functional groups attached to an aromatic ring is 1. The van der Waals surface area contributed by atoms with Gasteiger partial charge in [-0.3, -0.25) is 0 Å². The largest absolute Gasteiger partial charge is 0.398 e. The number of nitrogens with zero attached hydrogens (tertiary/aromatic N) is 1. The van der Waals surface area contributed by atoms with Gasteiger partial charge in [0.2, 0.25) is 10.0 Å². The van der Waals surface area contributed by atoms with Crippen LogP contribution < -0.4 is 10.5 Å². The fourth-order valence-electron chi connectivity index (χ4n) is 1.86. The Labute approximate surface area is 122 Å². The number of sulfonamides is 1. The Bertz CT molecular complexity index is 688. The van der Waals surface area contributed by atoms with Crippen LogP contribution >= 0.6 is 11.3 Å². The second-order valence-corrected chi connectivity index (χ2v) is 7.30. The number of rotatable bonds is 5. The van der Waals surface area contributed by atoms with Gasteiger partial charge in [-0.1, -0.05) is 19.1 Å². The molecule has 2 aromatic rings. The number of hydrogen-bond donors (Lipinski definition) is 2. The maximum atomic E-state index is 12.3. The number of thiazole rings is 1. The van der Waals surface area contributed by atoms with Gasteiger partial charge in [-0.15, -0.1) is 11.3 Å². The quantitative estimate of drug-likeness (QED) is 0.828. The molecular weight excluding hydrogens is 294 g/mol. The van der Waals surface area contributed by atoms with Gasteiger partial charge in [0.25, 0.3) is 0 Å². The molecule has 1 heterocycles. The Hall–Kier alpha value is -1.44. The lowest BCUT2D eigenvalue weighted by atomic mass is 10.2. The first-order chi connectivity index (χ1) is 9.44. The van der Waals surface area contributed by atoms with Crippen molar-refractivity contribution in [1.82, 2.24) is 9.71 Å². The number of nitrogens with two attached hydrogens (primary N) is 1. The summed E-state index contributed by atoms with van der Waals surface area (Å²) < 4.78 is 27.2. The summed E-state index contributed by atoms with van der Waals surface area (Å²) in [6.07, 6.45) is 2.67. The zero-order valence-corrected chi connectivity index (χ0v) is 13.0. The molecule has 0 atom stereocenters. The van der Waals surface area contributed by atoms with Crippen LogP contribution in [0.25, 0.3) is 0 Å². The monoisotopic (exact) mass is 311 g/mol. The van der Waals surface area contributed by atoms with Crippen molar-refractivity contribution in [2.24, 2.45) is 0 Å². The van der Waals surface area contributed by atoms with Gasteiger partial charge >= 0.3 is 0 Å². The molecule has 0 amide bonds. The highest BCUT2D eigenvalue weighted by atomic mass is 32.2. The van der Waals surface area contributed by atoms with Gasteiger partial charge in [0.05, 0.1) is 12.2 Å². The average Bonchev–Trinajstić information content (AvgIpc) is 2.84. The van der Waals surface area contributed by atoms with Crippen LogP contribution in [-0.2, 0) is 23.0 Å². The van der Waals surface area contributed by atoms with Crippen LogP contribution in [0.15, 0.2) is 29.3 Å². The molecular formula is C13H17N3O2S2. The van der Waals surface area contributed by atoms with Crippen LogP contribution in [0.5, 0.6) is 0 Å². The number of anilines is 1. The van der Waals surface area contributed by atoms with Crippen molar-refractivity contribution in [3.05, 3.63) is 39.8 Å². The standard InChI is InChI=1S/C13H17N3O2S2/c1-3-10-7-15-12(19-10)8-16-20(17,18)13-9(2)5-4-6-11(13)14/h4-7,16H,3,8,14H2,1-2H3. The van der Waals surface area contributed by atoms with E-state index in [2.05, 4.69) is 9.71 Å². The third kappa shape index (κ3) is 3.17. The van der Waals surface area contributed by atoms with Crippen LogP contribution in [0, 0.1) is 6.92 Å². The Morgan fingerprint density at radius 2 is 2.15 bits per heavy atom. The summed E-state index contributed by atoms with van der Waals surface area (Å²) in [5, 5.41) is 0.748. The normalized spacial score (nSPS) is 11.7. The van der Waals surface area contributed by atoms with Crippen LogP contribution in [0.4, 0.5) is 5.69 Å². The fraction of sp³-hybridized carbons (Fsp3) is 0.308. The number of nitrogens with one attached hydrogen (secondary N) is 1. The summed E-state index contributed by atoms with van der Waals surface area (Å²) in [4.78, 5) is 5.47. The molecule has 1 aromatic carbocycles. The molecule has 0 saturated carbocycles. The van der Waals surface area contributed by atoms with Crippen molar-refractivity contribution in [2.45, 2.75) is 31.7 Å². The first kappa shape index (κ1) is 15.0. The third-order valence-corrected chi connectivity index (χ3v) is 5.64. The van der Waals surface area contributed by atoms with E-state index < -0.39 is 10.0 Å². The third-order valence-electron chi connectivity index (χ3n) is 2.87. The molecule has 7 heteroatoms. The van der Waals surface area contributed by atoms with Crippen LogP contribution in [0.2, 0.25) is 0 Å². The van der Waals surface area contributed by atoms with E-state index in [1.807, 2.05) is 6.92 Å². The van der Waals surface area contributed by atoms with Gasteiger partial charge < -0.3 is 5.73 Å². The summed E-state index contributed by atoms with van der Waals surface area (Å²) >= 11 is 1.51. The van der Waals surface area contributed by atoms with Crippen molar-refractivity contribution in [2.75, 3.05) is 5.73 Å². The number of aryl methyl sites for hydroxylation is 2. The van der Waals surface area contributed by atoms with Gasteiger partial charge in [-0.05, 0) is 25.0 Å². The van der Waals surface area contributed by atoms with Crippen molar-refractivity contribution >= 4 is 27.0 Å². The van der Waals surface area contributed by atoms with E-state index in [1.54, 1.807) is 31.3 Å². The van der Waals surface area contributed by atoms with Crippen molar-refractivity contribution < 1.29 is 8.42 Å². The number of aromatic nitrogens is 1. The van der Waals surface area contributed by atoms with Gasteiger partial charge in [0, 0.05) is 11.1 Å². The molecule has 108 valence electrons. The highest BCUT2D eigenvalue weighted by molar-refractivity contribution is 7.89. The maximum absolute atomic E-state index is 12.3. The van der Waals surface area contributed by atoms with Crippen molar-refractivity contribution in [1.29, 1.82) is 0 Å². The summed E-state index contributed by atoms with van der Waals surface area (Å²) in [5.74, 6) is 0. The van der Waals surface area contributed by atoms with Gasteiger partial charge in [0.1, 0.15) is 9.90 Å². The number of hydrogen-bond acceptors (Lipinski definition) is 5. The molecule has 0 spiro atoms. The first-order valence-corrected chi connectivity index (χ1v) is 8.52. The summed E-state index contributed by atoms with van der Waals surface area (Å²) in [6.45, 7) is 3.94. The molecule has 0 radical (unpaired) electrons. The van der Waals surface area contributed by atoms with Crippen molar-refractivity contribution in [3.63, 3.8) is 0 Å². The van der Waals surface area contributed by atoms with E-state index >= 15 is 0 Å². The summed E-state index contributed by atoms with van der Waals surface area (Å²) in [7, 11) is -3.63. The Balaban J connectivity index is 2.19. The van der Waals surface area contributed by atoms with Crippen LogP contribution in [0.3, 0.4) is 0 Å². The Morgan fingerprint density at radius 1 is 1.40 bits per heavy atom. The molecule has 3 N–H and O–H groups in total. The lowest BCUT2D eigenvalue weighted by molar-refractivity contribution is 0.581. The lowest BCUT2D eigenvalue weighted by Crippen LogP contribution is -2.24. The maximum Gasteiger partial charge on any atom is 0.243 e. The molecule has 0 saturated heterocycles. The molecule has 0 aliphatic carbocycles. The first-order valence-electron chi connectivity index (χ1n) is 6.22. The highest BCUT2D eigenvalue weighted by Crippen LogP contribution is 2.22. The number of benzene rings is 1. The van der Waals surface area contributed by atoms with E-state index in [4.69, 9.17) is 5.73 Å². The molecule has 1 aromatic heterocycles. The van der Waals surface area contributed by atoms with Crippen molar-refractivity contribution in [3.8, 4) is 0 Å². The van der Waals surface area contributed by atoms with E-state index in [1.165, 1.54) is 11.3 Å². The zero-order valence-electron chi connectivity index (χ0n) is 11.4. The smallest absolute Gasteiger partial charge is 0.243 e. The van der Waals surface area contributed by atoms with Gasteiger partial charge in [-0.2, -0.15) is 0 Å². The zero-order chi connectivity index (χ0) is 14.8. The summed E-state index contributed by atoms with van der Waals surface area (Å²) in [6, 6.07) is 5.04. The molecule has 0 bridgehead atoms. The fourth-order valence-corrected chi connectivity index (χ4v) is 4.10. The second kappa shape index (κ2) is 5.90. The summed E-state index contributed by atoms with van der Waals surface area (Å²) in [5.41, 5.74) is 6.66.